The van der Waals surface area contributed by atoms with Crippen molar-refractivity contribution in [2.75, 3.05) is 7.05 Å². The van der Waals surface area contributed by atoms with Crippen LogP contribution in [0.15, 0.2) is 18.2 Å². The highest BCUT2D eigenvalue weighted by Crippen LogP contribution is 2.39. The predicted octanol–water partition coefficient (Wildman–Crippen LogP) is 3.71. The second kappa shape index (κ2) is 4.27. The highest BCUT2D eigenvalue weighted by Gasteiger charge is 2.32. The van der Waals surface area contributed by atoms with Gasteiger partial charge in [0.25, 0.3) is 0 Å². The van der Waals surface area contributed by atoms with Gasteiger partial charge < -0.3 is 10.1 Å². The van der Waals surface area contributed by atoms with Crippen LogP contribution < -0.4 is 10.1 Å². The van der Waals surface area contributed by atoms with Crippen molar-refractivity contribution in [1.29, 1.82) is 0 Å². The minimum Gasteiger partial charge on any atom is -0.487 e. The second-order valence-corrected chi connectivity index (χ2v) is 6.99. The van der Waals surface area contributed by atoms with Crippen molar-refractivity contribution >= 4 is 0 Å². The number of nitrogens with one attached hydrogen (secondary N) is 1. The van der Waals surface area contributed by atoms with Crippen LogP contribution in [0.4, 0.5) is 0 Å². The van der Waals surface area contributed by atoms with Crippen molar-refractivity contribution in [3.05, 3.63) is 29.3 Å². The zero-order valence-electron chi connectivity index (χ0n) is 12.4. The summed E-state index contributed by atoms with van der Waals surface area (Å²) in [5.74, 6) is 1.05. The molecule has 2 nitrogen and oxygen atoms in total. The van der Waals surface area contributed by atoms with Gasteiger partial charge in [-0.3, -0.25) is 0 Å². The van der Waals surface area contributed by atoms with Gasteiger partial charge in [0, 0.05) is 12.5 Å². The Morgan fingerprint density at radius 3 is 2.50 bits per heavy atom. The molecule has 1 N–H and O–H groups in total. The summed E-state index contributed by atoms with van der Waals surface area (Å²) < 4.78 is 5.93. The third kappa shape index (κ3) is 2.54. The van der Waals surface area contributed by atoms with Crippen LogP contribution in [0.2, 0.25) is 0 Å². The molecule has 0 saturated heterocycles. The molecule has 1 unspecified atom stereocenters. The fraction of sp³-hybridized carbons (Fsp3) is 0.625. The number of ether oxygens (including phenoxy) is 1. The summed E-state index contributed by atoms with van der Waals surface area (Å²) in [5.41, 5.74) is 2.84. The summed E-state index contributed by atoms with van der Waals surface area (Å²) in [6.45, 7) is 11.1. The lowest BCUT2D eigenvalue weighted by molar-refractivity contribution is 0.138. The first-order valence-electron chi connectivity index (χ1n) is 6.72. The van der Waals surface area contributed by atoms with E-state index in [0.29, 0.717) is 6.04 Å². The summed E-state index contributed by atoms with van der Waals surface area (Å²) in [6, 6.07) is 6.98. The largest absolute Gasteiger partial charge is 0.487 e. The lowest BCUT2D eigenvalue weighted by Crippen LogP contribution is -2.29. The summed E-state index contributed by atoms with van der Waals surface area (Å²) in [4.78, 5) is 0. The molecular formula is C16H25NO. The van der Waals surface area contributed by atoms with Gasteiger partial charge in [-0.1, -0.05) is 32.9 Å². The molecule has 2 heteroatoms. The molecule has 0 radical (unpaired) electrons. The van der Waals surface area contributed by atoms with Crippen LogP contribution >= 0.6 is 0 Å². The zero-order valence-corrected chi connectivity index (χ0v) is 12.4. The van der Waals surface area contributed by atoms with Gasteiger partial charge in [0.2, 0.25) is 0 Å². The molecule has 100 valence electrons. The van der Waals surface area contributed by atoms with Crippen molar-refractivity contribution in [2.24, 2.45) is 5.41 Å². The van der Waals surface area contributed by atoms with E-state index < -0.39 is 0 Å². The van der Waals surface area contributed by atoms with Gasteiger partial charge in [0.15, 0.2) is 0 Å². The first-order chi connectivity index (χ1) is 8.23. The van der Waals surface area contributed by atoms with E-state index in [0.717, 1.165) is 12.2 Å². The monoisotopic (exact) mass is 247 g/mol. The molecule has 2 rings (SSSR count). The van der Waals surface area contributed by atoms with Crippen LogP contribution in [0.25, 0.3) is 0 Å². The lowest BCUT2D eigenvalue weighted by Gasteiger charge is -2.31. The standard InChI is InChI=1S/C16H25NO/c1-15(2,3)14(17-6)11-7-8-13-12(9-11)10-16(4,5)18-13/h7-9,14,17H,10H2,1-6H3. The molecule has 0 aromatic heterocycles. The maximum atomic E-state index is 5.93. The van der Waals surface area contributed by atoms with Crippen LogP contribution in [-0.2, 0) is 6.42 Å². The van der Waals surface area contributed by atoms with E-state index in [1.807, 2.05) is 7.05 Å². The third-order valence-electron chi connectivity index (χ3n) is 3.58. The average Bonchev–Trinajstić information content (AvgIpc) is 2.49. The Labute approximate surface area is 111 Å². The summed E-state index contributed by atoms with van der Waals surface area (Å²) in [5, 5.41) is 3.43. The van der Waals surface area contributed by atoms with Crippen LogP contribution in [0.1, 0.15) is 51.8 Å². The van der Waals surface area contributed by atoms with Gasteiger partial charge in [-0.2, -0.15) is 0 Å². The quantitative estimate of drug-likeness (QED) is 0.860. The molecule has 1 aliphatic rings. The third-order valence-corrected chi connectivity index (χ3v) is 3.58. The van der Waals surface area contributed by atoms with Crippen LogP contribution in [-0.4, -0.2) is 12.6 Å². The van der Waals surface area contributed by atoms with E-state index in [4.69, 9.17) is 4.74 Å². The normalized spacial score (nSPS) is 19.2. The topological polar surface area (TPSA) is 21.3 Å². The van der Waals surface area contributed by atoms with Crippen molar-refractivity contribution < 1.29 is 4.74 Å². The number of rotatable bonds is 2. The van der Waals surface area contributed by atoms with Gasteiger partial charge >= 0.3 is 0 Å². The molecule has 18 heavy (non-hydrogen) atoms. The molecule has 0 bridgehead atoms. The smallest absolute Gasteiger partial charge is 0.123 e. The second-order valence-electron chi connectivity index (χ2n) is 6.99. The molecule has 1 aliphatic heterocycles. The Kier molecular flexibility index (Phi) is 3.18. The SMILES string of the molecule is CNC(c1ccc2c(c1)CC(C)(C)O2)C(C)(C)C. The average molecular weight is 247 g/mol. The fourth-order valence-corrected chi connectivity index (χ4v) is 2.91. The van der Waals surface area contributed by atoms with Crippen LogP contribution in [0, 0.1) is 5.41 Å². The zero-order chi connectivity index (χ0) is 13.6. The van der Waals surface area contributed by atoms with Gasteiger partial charge in [0.05, 0.1) is 0 Å². The van der Waals surface area contributed by atoms with Crippen molar-refractivity contribution in [3.63, 3.8) is 0 Å². The van der Waals surface area contributed by atoms with E-state index in [1.54, 1.807) is 0 Å². The molecule has 1 aromatic rings. The maximum absolute atomic E-state index is 5.93. The van der Waals surface area contributed by atoms with E-state index in [1.165, 1.54) is 11.1 Å². The van der Waals surface area contributed by atoms with Gasteiger partial charge in [0.1, 0.15) is 11.4 Å². The Morgan fingerprint density at radius 2 is 1.94 bits per heavy atom. The molecular weight excluding hydrogens is 222 g/mol. The van der Waals surface area contributed by atoms with E-state index >= 15 is 0 Å². The Bertz CT molecular complexity index is 443. The fourth-order valence-electron chi connectivity index (χ4n) is 2.91. The molecule has 0 amide bonds. The maximum Gasteiger partial charge on any atom is 0.123 e. The van der Waals surface area contributed by atoms with E-state index in [-0.39, 0.29) is 11.0 Å². The van der Waals surface area contributed by atoms with E-state index in [2.05, 4.69) is 58.1 Å². The van der Waals surface area contributed by atoms with Gasteiger partial charge in [-0.25, -0.2) is 0 Å². The van der Waals surface area contributed by atoms with Crippen LogP contribution in [0.3, 0.4) is 0 Å². The molecule has 1 atom stereocenters. The molecule has 0 aliphatic carbocycles. The van der Waals surface area contributed by atoms with E-state index in [9.17, 15) is 0 Å². The number of hydrogen-bond donors (Lipinski definition) is 1. The van der Waals surface area contributed by atoms with Gasteiger partial charge in [-0.05, 0) is 43.5 Å². The van der Waals surface area contributed by atoms with Crippen molar-refractivity contribution in [1.82, 2.24) is 5.32 Å². The summed E-state index contributed by atoms with van der Waals surface area (Å²) in [7, 11) is 2.03. The highest BCUT2D eigenvalue weighted by molar-refractivity contribution is 5.43. The van der Waals surface area contributed by atoms with Crippen molar-refractivity contribution in [3.8, 4) is 5.75 Å². The number of hydrogen-bond acceptors (Lipinski definition) is 2. The predicted molar refractivity (Wildman–Crippen MR) is 76.1 cm³/mol. The minimum atomic E-state index is -0.0577. The first kappa shape index (κ1) is 13.4. The van der Waals surface area contributed by atoms with Crippen LogP contribution in [0.5, 0.6) is 5.75 Å². The van der Waals surface area contributed by atoms with Crippen molar-refractivity contribution in [2.45, 2.75) is 52.7 Å². The highest BCUT2D eigenvalue weighted by atomic mass is 16.5. The number of fused-ring (bicyclic) bond motifs is 1. The number of benzene rings is 1. The molecule has 0 spiro atoms. The minimum absolute atomic E-state index is 0.0577. The Morgan fingerprint density at radius 1 is 1.28 bits per heavy atom. The van der Waals surface area contributed by atoms with Gasteiger partial charge in [-0.15, -0.1) is 0 Å². The Hall–Kier alpha value is -1.02. The lowest BCUT2D eigenvalue weighted by atomic mass is 9.82. The Balaban J connectivity index is 2.34. The molecule has 1 aromatic carbocycles. The first-order valence-corrected chi connectivity index (χ1v) is 6.72. The molecule has 0 fully saturated rings. The molecule has 1 heterocycles. The summed E-state index contributed by atoms with van der Waals surface area (Å²) >= 11 is 0. The summed E-state index contributed by atoms with van der Waals surface area (Å²) in [6.07, 6.45) is 0.997. The molecule has 0 saturated carbocycles.